The van der Waals surface area contributed by atoms with Gasteiger partial charge in [0.15, 0.2) is 16.8 Å². The van der Waals surface area contributed by atoms with Crippen molar-refractivity contribution >= 4 is 22.4 Å². The second kappa shape index (κ2) is 6.23. The number of amides is 1. The van der Waals surface area contributed by atoms with E-state index in [1.54, 1.807) is 0 Å². The van der Waals surface area contributed by atoms with Gasteiger partial charge < -0.3 is 14.8 Å². The maximum atomic E-state index is 13.8. The highest BCUT2D eigenvalue weighted by molar-refractivity contribution is 7.13. The zero-order chi connectivity index (χ0) is 17.6. The van der Waals surface area contributed by atoms with Gasteiger partial charge in [0, 0.05) is 31.9 Å². The third kappa shape index (κ3) is 3.16. The van der Waals surface area contributed by atoms with Crippen LogP contribution in [0, 0.1) is 11.6 Å². The molecule has 0 saturated carbocycles. The Morgan fingerprint density at radius 2 is 1.88 bits per heavy atom. The van der Waals surface area contributed by atoms with Crippen LogP contribution in [-0.4, -0.2) is 41.1 Å². The normalized spacial score (nSPS) is 21.9. The lowest BCUT2D eigenvalue weighted by molar-refractivity contribution is -0.114. The molecule has 0 unspecified atom stereocenters. The summed E-state index contributed by atoms with van der Waals surface area (Å²) in [5.41, 5.74) is 0.808. The molecular weight excluding hydrogens is 352 g/mol. The van der Waals surface area contributed by atoms with Gasteiger partial charge in [-0.15, -0.1) is 11.3 Å². The molecule has 3 heterocycles. The van der Waals surface area contributed by atoms with Gasteiger partial charge in [-0.2, -0.15) is 0 Å². The quantitative estimate of drug-likeness (QED) is 0.903. The Morgan fingerprint density at radius 3 is 2.44 bits per heavy atom. The number of carbonyl (C=O) groups excluding carboxylic acids is 1. The number of hydrogen-bond donors (Lipinski definition) is 1. The van der Waals surface area contributed by atoms with E-state index in [4.69, 9.17) is 9.47 Å². The summed E-state index contributed by atoms with van der Waals surface area (Å²) in [6.07, 6.45) is -0.727. The Bertz CT molecular complexity index is 790. The maximum absolute atomic E-state index is 13.8. The summed E-state index contributed by atoms with van der Waals surface area (Å²) in [6, 6.07) is 2.06. The van der Waals surface area contributed by atoms with Crippen molar-refractivity contribution in [3.8, 4) is 11.5 Å². The van der Waals surface area contributed by atoms with Crippen LogP contribution < -0.4 is 14.8 Å². The molecule has 1 fully saturated rings. The molecule has 0 spiro atoms. The van der Waals surface area contributed by atoms with Gasteiger partial charge in [0.1, 0.15) is 12.2 Å². The Balaban J connectivity index is 1.44. The molecule has 25 heavy (non-hydrogen) atoms. The average Bonchev–Trinajstić information content (AvgIpc) is 3.15. The summed E-state index contributed by atoms with van der Waals surface area (Å²) in [5, 5.41) is 5.05. The first-order valence-electron chi connectivity index (χ1n) is 7.75. The van der Waals surface area contributed by atoms with Crippen molar-refractivity contribution in [3.05, 3.63) is 34.8 Å². The van der Waals surface area contributed by atoms with Crippen LogP contribution in [0.2, 0.25) is 0 Å². The molecule has 0 radical (unpaired) electrons. The smallest absolute Gasteiger partial charge is 0.223 e. The molecule has 9 heteroatoms. The summed E-state index contributed by atoms with van der Waals surface area (Å²) in [4.78, 5) is 17.4. The minimum Gasteiger partial charge on any atom is -0.478 e. The monoisotopic (exact) mass is 367 g/mol. The molecule has 2 aliphatic rings. The van der Waals surface area contributed by atoms with Crippen LogP contribution in [-0.2, 0) is 11.3 Å². The summed E-state index contributed by atoms with van der Waals surface area (Å²) in [6.45, 7) is 3.01. The Kier molecular flexibility index (Phi) is 4.04. The first kappa shape index (κ1) is 16.2. The fourth-order valence-electron chi connectivity index (χ4n) is 3.03. The third-order valence-electron chi connectivity index (χ3n) is 4.07. The van der Waals surface area contributed by atoms with Crippen molar-refractivity contribution in [2.24, 2.45) is 0 Å². The lowest BCUT2D eigenvalue weighted by Crippen LogP contribution is -2.39. The summed E-state index contributed by atoms with van der Waals surface area (Å²) >= 11 is 1.35. The van der Waals surface area contributed by atoms with Crippen LogP contribution in [0.1, 0.15) is 12.6 Å². The molecule has 2 aromatic rings. The van der Waals surface area contributed by atoms with Crippen molar-refractivity contribution in [1.29, 1.82) is 0 Å². The lowest BCUT2D eigenvalue weighted by Gasteiger charge is -2.28. The van der Waals surface area contributed by atoms with E-state index in [1.165, 1.54) is 18.3 Å². The third-order valence-corrected chi connectivity index (χ3v) is 4.87. The number of ether oxygens (including phenoxy) is 2. The predicted molar refractivity (Wildman–Crippen MR) is 86.9 cm³/mol. The van der Waals surface area contributed by atoms with Gasteiger partial charge in [0.25, 0.3) is 0 Å². The molecule has 0 bridgehead atoms. The number of fused-ring (bicyclic) bond motifs is 2. The molecular formula is C16H15F2N3O3S. The van der Waals surface area contributed by atoms with Crippen LogP contribution in [0.3, 0.4) is 0 Å². The van der Waals surface area contributed by atoms with Crippen molar-refractivity contribution in [3.63, 3.8) is 0 Å². The van der Waals surface area contributed by atoms with Gasteiger partial charge in [-0.1, -0.05) is 0 Å². The SMILES string of the molecule is CC(=O)Nc1nc(CN2C[C@@H]3Oc4c(F)ccc(F)c4O[C@@H]3C2)cs1. The zero-order valence-electron chi connectivity index (χ0n) is 13.3. The van der Waals surface area contributed by atoms with E-state index < -0.39 is 11.6 Å². The highest BCUT2D eigenvalue weighted by Crippen LogP contribution is 2.40. The molecule has 2 aliphatic heterocycles. The van der Waals surface area contributed by atoms with Crippen LogP contribution in [0.15, 0.2) is 17.5 Å². The fraction of sp³-hybridized carbons (Fsp3) is 0.375. The van der Waals surface area contributed by atoms with E-state index in [9.17, 15) is 13.6 Å². The number of carbonyl (C=O) groups is 1. The molecule has 132 valence electrons. The number of aromatic nitrogens is 1. The van der Waals surface area contributed by atoms with Gasteiger partial charge in [0.2, 0.25) is 17.4 Å². The van der Waals surface area contributed by atoms with Crippen molar-refractivity contribution < 1.29 is 23.0 Å². The van der Waals surface area contributed by atoms with Crippen LogP contribution >= 0.6 is 11.3 Å². The van der Waals surface area contributed by atoms with Gasteiger partial charge in [0.05, 0.1) is 5.69 Å². The summed E-state index contributed by atoms with van der Waals surface area (Å²) < 4.78 is 38.9. The predicted octanol–water partition coefficient (Wildman–Crippen LogP) is 2.40. The van der Waals surface area contributed by atoms with Gasteiger partial charge in [-0.25, -0.2) is 13.8 Å². The number of nitrogens with one attached hydrogen (secondary N) is 1. The van der Waals surface area contributed by atoms with Crippen molar-refractivity contribution in [2.45, 2.75) is 25.7 Å². The summed E-state index contributed by atoms with van der Waals surface area (Å²) in [5.74, 6) is -1.76. The first-order chi connectivity index (χ1) is 12.0. The second-order valence-corrected chi connectivity index (χ2v) is 6.88. The minimum absolute atomic E-state index is 0.162. The topological polar surface area (TPSA) is 63.7 Å². The molecule has 1 N–H and O–H groups in total. The molecule has 6 nitrogen and oxygen atoms in total. The second-order valence-electron chi connectivity index (χ2n) is 6.02. The van der Waals surface area contributed by atoms with Crippen LogP contribution in [0.25, 0.3) is 0 Å². The van der Waals surface area contributed by atoms with E-state index in [1.807, 2.05) is 10.3 Å². The molecule has 1 saturated heterocycles. The number of benzene rings is 1. The molecule has 1 amide bonds. The Hall–Kier alpha value is -2.26. The Labute approximate surface area is 146 Å². The van der Waals surface area contributed by atoms with Crippen LogP contribution in [0.5, 0.6) is 11.5 Å². The van der Waals surface area contributed by atoms with Gasteiger partial charge in [-0.05, 0) is 12.1 Å². The highest BCUT2D eigenvalue weighted by atomic mass is 32.1. The van der Waals surface area contributed by atoms with E-state index >= 15 is 0 Å². The number of hydrogen-bond acceptors (Lipinski definition) is 6. The lowest BCUT2D eigenvalue weighted by atomic mass is 10.2. The van der Waals surface area contributed by atoms with Crippen molar-refractivity contribution in [1.82, 2.24) is 9.88 Å². The minimum atomic E-state index is -0.632. The molecule has 0 aliphatic carbocycles. The molecule has 2 atom stereocenters. The van der Waals surface area contributed by atoms with E-state index in [0.29, 0.717) is 24.8 Å². The first-order valence-corrected chi connectivity index (χ1v) is 8.63. The van der Waals surface area contributed by atoms with E-state index in [0.717, 1.165) is 17.8 Å². The molecule has 1 aromatic heterocycles. The number of rotatable bonds is 3. The number of likely N-dealkylation sites (tertiary alicyclic amines) is 1. The van der Waals surface area contributed by atoms with Crippen LogP contribution in [0.4, 0.5) is 13.9 Å². The standard InChI is InChI=1S/C16H15F2N3O3S/c1-8(22)19-16-20-9(7-25-16)4-21-5-12-13(6-21)24-15-11(18)3-2-10(17)14(15)23-12/h2-3,7,12-13H,4-6H2,1H3,(H,19,20,22)/t12-,13+. The molecule has 1 aromatic carbocycles. The van der Waals surface area contributed by atoms with E-state index in [2.05, 4.69) is 10.3 Å². The fourth-order valence-corrected chi connectivity index (χ4v) is 3.78. The van der Waals surface area contributed by atoms with Gasteiger partial charge >= 0.3 is 0 Å². The molecule has 4 rings (SSSR count). The summed E-state index contributed by atoms with van der Waals surface area (Å²) in [7, 11) is 0. The van der Waals surface area contributed by atoms with Crippen molar-refractivity contribution in [2.75, 3.05) is 18.4 Å². The largest absolute Gasteiger partial charge is 0.478 e. The highest BCUT2D eigenvalue weighted by Gasteiger charge is 2.42. The number of thiazole rings is 1. The zero-order valence-corrected chi connectivity index (χ0v) is 14.1. The number of halogens is 2. The van der Waals surface area contributed by atoms with E-state index in [-0.39, 0.29) is 29.6 Å². The van der Waals surface area contributed by atoms with Gasteiger partial charge in [-0.3, -0.25) is 9.69 Å². The number of anilines is 1. The maximum Gasteiger partial charge on any atom is 0.223 e. The number of nitrogens with zero attached hydrogens (tertiary/aromatic N) is 2. The average molecular weight is 367 g/mol. The Morgan fingerprint density at radius 1 is 1.28 bits per heavy atom.